The van der Waals surface area contributed by atoms with Crippen LogP contribution < -0.4 is 59.1 Å². The molecule has 0 N–H and O–H groups in total. The molecule has 0 aromatic rings. The van der Waals surface area contributed by atoms with Gasteiger partial charge in [-0.2, -0.15) is 0 Å². The molecule has 0 aliphatic carbocycles. The second kappa shape index (κ2) is 14.4. The van der Waals surface area contributed by atoms with Crippen LogP contribution in [0.3, 0.4) is 0 Å². The Kier molecular flexibility index (Phi) is 33.3. The maximum absolute atomic E-state index is 9.19. The predicted molar refractivity (Wildman–Crippen MR) is 18.9 cm³/mol. The minimum absolute atomic E-state index is 0. The van der Waals surface area contributed by atoms with Crippen molar-refractivity contribution in [3.8, 4) is 0 Å². The minimum Gasteiger partial charge on any atom is -0.749 e. The van der Waals surface area contributed by atoms with E-state index in [1.807, 2.05) is 0 Å². The molecule has 0 aromatic heterocycles. The first-order chi connectivity index (χ1) is 3.13. The molecule has 0 spiro atoms. The van der Waals surface area contributed by atoms with Gasteiger partial charge in [-0.1, -0.05) is 0 Å². The zero-order valence-corrected chi connectivity index (χ0v) is 13.0. The van der Waals surface area contributed by atoms with E-state index >= 15 is 0 Å². The molecule has 0 bridgehead atoms. The van der Waals surface area contributed by atoms with Crippen LogP contribution in [0.15, 0.2) is 0 Å². The van der Waals surface area contributed by atoms with Gasteiger partial charge in [-0.05, 0) is 0 Å². The van der Waals surface area contributed by atoms with Crippen molar-refractivity contribution in [1.82, 2.24) is 0 Å². The summed E-state index contributed by atoms with van der Waals surface area (Å²) in [4.78, 5) is 0. The van der Waals surface area contributed by atoms with Crippen molar-refractivity contribution in [2.75, 3.05) is 0 Å². The van der Waals surface area contributed by atoms with Crippen LogP contribution in [0.4, 0.5) is 0 Å². The molecule has 0 unspecified atom stereocenters. The Labute approximate surface area is 123 Å². The summed E-state index contributed by atoms with van der Waals surface area (Å²) >= 11 is -5.92. The molecule has 5 nitrogen and oxygen atoms in total. The Morgan fingerprint density at radius 2 is 1.20 bits per heavy atom. The van der Waals surface area contributed by atoms with Crippen molar-refractivity contribution in [3.05, 3.63) is 0 Å². The van der Waals surface area contributed by atoms with Crippen LogP contribution in [-0.4, -0.2) is 17.5 Å². The summed E-state index contributed by atoms with van der Waals surface area (Å²) in [6.07, 6.45) is 0. The van der Waals surface area contributed by atoms with Gasteiger partial charge in [-0.3, -0.25) is 0 Å². The van der Waals surface area contributed by atoms with Crippen molar-refractivity contribution in [1.29, 1.82) is 0 Å². The molecule has 10 heteroatoms. The summed E-state index contributed by atoms with van der Waals surface area (Å²) in [6, 6.07) is 0. The van der Waals surface area contributed by atoms with Gasteiger partial charge in [-0.25, -0.2) is 12.0 Å². The first-order valence-electron chi connectivity index (χ1n) is 1.00. The van der Waals surface area contributed by atoms with Gasteiger partial charge in [0.2, 0.25) is 0 Å². The van der Waals surface area contributed by atoms with Gasteiger partial charge in [0.15, 0.2) is 0 Å². The van der Waals surface area contributed by atoms with Gasteiger partial charge in [0.05, 0.1) is 22.7 Å². The average molecular weight is 387 g/mol. The fraction of sp³-hybridized carbons (Fsp3) is 0. The normalized spacial score (nSPS) is 13.0. The molecule has 0 atom stereocenters. The molecule has 0 aromatic carbocycles. The molecule has 0 aliphatic heterocycles. The van der Waals surface area contributed by atoms with Gasteiger partial charge in [0.25, 0.3) is 0 Å². The molecule has 0 radical (unpaired) electrons. The van der Waals surface area contributed by atoms with Crippen molar-refractivity contribution < 1.29 is 103 Å². The zero-order chi connectivity index (χ0) is 5.86. The topological polar surface area (TPSA) is 89.5 Å². The van der Waals surface area contributed by atoms with Crippen molar-refractivity contribution in [2.24, 2.45) is 0 Å². The molecular formula is AuNa2O5S2+. The zero-order valence-electron chi connectivity index (χ0n) is 5.16. The summed E-state index contributed by atoms with van der Waals surface area (Å²) in [5.41, 5.74) is 0. The molecule has 54 valence electrons. The largest absolute Gasteiger partial charge is 1.00 e. The van der Waals surface area contributed by atoms with Crippen molar-refractivity contribution >= 4 is 22.7 Å². The minimum atomic E-state index is -2.96. The van der Waals surface area contributed by atoms with Crippen LogP contribution in [0.25, 0.3) is 0 Å². The standard InChI is InChI=1S/Au.2Na.H2O5S2/c;;;1-6(2)5-7(3)4/h;;;(H,1,2)(H,3,4)/q3*+1;/p-2. The van der Waals surface area contributed by atoms with Gasteiger partial charge in [0, 0.05) is 0 Å². The molecule has 0 aliphatic rings. The van der Waals surface area contributed by atoms with Gasteiger partial charge in [0.1, 0.15) is 0 Å². The van der Waals surface area contributed by atoms with Gasteiger partial charge < -0.3 is 9.11 Å². The summed E-state index contributed by atoms with van der Waals surface area (Å²) in [5, 5.41) is 0. The van der Waals surface area contributed by atoms with Crippen LogP contribution >= 0.6 is 0 Å². The molecular weight excluding hydrogens is 387 g/mol. The molecule has 0 saturated carbocycles. The van der Waals surface area contributed by atoms with Crippen LogP contribution in [0.1, 0.15) is 0 Å². The SMILES string of the molecule is O=S([O-])OS(=O)[O-].[Au+].[Na+].[Na+]. The Hall–Kier alpha value is 2.92. The maximum Gasteiger partial charge on any atom is 1.00 e. The van der Waals surface area contributed by atoms with E-state index in [1.165, 1.54) is 0 Å². The first-order valence-corrected chi connectivity index (χ1v) is 3.00. The fourth-order valence-electron chi connectivity index (χ4n) is 0.0454. The van der Waals surface area contributed by atoms with Crippen LogP contribution in [-0.2, 0) is 48.7 Å². The predicted octanol–water partition coefficient (Wildman–Crippen LogP) is -7.40. The smallest absolute Gasteiger partial charge is 0.749 e. The number of rotatable bonds is 2. The van der Waals surface area contributed by atoms with Gasteiger partial charge in [-0.15, -0.1) is 0 Å². The third-order valence-corrected chi connectivity index (χ3v) is 1.00. The summed E-state index contributed by atoms with van der Waals surface area (Å²) in [7, 11) is 0. The Morgan fingerprint density at radius 3 is 1.20 bits per heavy atom. The summed E-state index contributed by atoms with van der Waals surface area (Å²) < 4.78 is 39.9. The van der Waals surface area contributed by atoms with E-state index in [0.29, 0.717) is 0 Å². The third-order valence-electron chi connectivity index (χ3n) is 0.111. The van der Waals surface area contributed by atoms with Crippen LogP contribution in [0.5, 0.6) is 0 Å². The Morgan fingerprint density at radius 1 is 1.00 bits per heavy atom. The van der Waals surface area contributed by atoms with Crippen molar-refractivity contribution in [2.45, 2.75) is 0 Å². The van der Waals surface area contributed by atoms with E-state index in [9.17, 15) is 17.5 Å². The molecule has 0 fully saturated rings. The van der Waals surface area contributed by atoms with Crippen molar-refractivity contribution in [3.63, 3.8) is 0 Å². The third kappa shape index (κ3) is 22.4. The van der Waals surface area contributed by atoms with Gasteiger partial charge >= 0.3 is 81.5 Å². The van der Waals surface area contributed by atoms with E-state index in [-0.39, 0.29) is 81.5 Å². The summed E-state index contributed by atoms with van der Waals surface area (Å²) in [5.74, 6) is 0. The Balaban J connectivity index is -0.0000000600. The van der Waals surface area contributed by atoms with E-state index in [0.717, 1.165) is 0 Å². The van der Waals surface area contributed by atoms with E-state index < -0.39 is 22.7 Å². The quantitative estimate of drug-likeness (QED) is 0.347. The second-order valence-corrected chi connectivity index (χ2v) is 1.84. The Bertz CT molecular complexity index is 93.8. The van der Waals surface area contributed by atoms with Crippen LogP contribution in [0, 0.1) is 0 Å². The van der Waals surface area contributed by atoms with E-state index in [2.05, 4.69) is 3.63 Å². The monoisotopic (exact) mass is 387 g/mol. The van der Waals surface area contributed by atoms with Crippen LogP contribution in [0.2, 0.25) is 0 Å². The molecule has 0 amide bonds. The fourth-order valence-corrected chi connectivity index (χ4v) is 0.408. The molecule has 0 heterocycles. The summed E-state index contributed by atoms with van der Waals surface area (Å²) in [6.45, 7) is 0. The van der Waals surface area contributed by atoms with E-state index in [1.54, 1.807) is 0 Å². The number of hydrogen-bond acceptors (Lipinski definition) is 5. The maximum atomic E-state index is 9.19. The first kappa shape index (κ1) is 23.1. The second-order valence-electron chi connectivity index (χ2n) is 0.476. The molecule has 0 saturated heterocycles. The number of hydrogen-bond donors (Lipinski definition) is 0. The average Bonchev–Trinajstić information content (AvgIpc) is 1.27. The van der Waals surface area contributed by atoms with E-state index in [4.69, 9.17) is 0 Å². The molecule has 0 rings (SSSR count). The molecule has 10 heavy (non-hydrogen) atoms.